The van der Waals surface area contributed by atoms with Gasteiger partial charge in [0.1, 0.15) is 5.76 Å². The van der Waals surface area contributed by atoms with Crippen LogP contribution in [0.3, 0.4) is 0 Å². The van der Waals surface area contributed by atoms with Crippen molar-refractivity contribution in [3.05, 3.63) is 23.7 Å². The Kier molecular flexibility index (Phi) is 4.84. The second-order valence-electron chi connectivity index (χ2n) is 5.66. The highest BCUT2D eigenvalue weighted by Gasteiger charge is 2.30. The maximum atomic E-state index is 9.26. The minimum atomic E-state index is 0.307. The molecule has 0 amide bonds. The van der Waals surface area contributed by atoms with Crippen LogP contribution in [0.1, 0.15) is 49.8 Å². The summed E-state index contributed by atoms with van der Waals surface area (Å²) in [5.41, 5.74) is 1.52. The van der Waals surface area contributed by atoms with Gasteiger partial charge < -0.3 is 14.8 Å². The molecule has 1 aromatic rings. The van der Waals surface area contributed by atoms with Crippen LogP contribution in [0, 0.1) is 12.3 Å². The third-order valence-electron chi connectivity index (χ3n) is 4.31. The summed E-state index contributed by atoms with van der Waals surface area (Å²) in [6.07, 6.45) is 9.14. The molecular weight excluding hydrogens is 226 g/mol. The number of aryl methyl sites for hydroxylation is 1. The van der Waals surface area contributed by atoms with Crippen molar-refractivity contribution in [3.63, 3.8) is 0 Å². The van der Waals surface area contributed by atoms with Crippen LogP contribution in [0.15, 0.2) is 16.7 Å². The first-order chi connectivity index (χ1) is 8.76. The van der Waals surface area contributed by atoms with Crippen molar-refractivity contribution in [3.8, 4) is 0 Å². The average molecular weight is 251 g/mol. The number of aliphatic hydroxyl groups excluding tert-OH is 1. The van der Waals surface area contributed by atoms with Gasteiger partial charge in [0.05, 0.1) is 12.8 Å². The van der Waals surface area contributed by atoms with E-state index in [4.69, 9.17) is 4.42 Å². The van der Waals surface area contributed by atoms with Gasteiger partial charge in [-0.1, -0.05) is 19.3 Å². The first-order valence-corrected chi connectivity index (χ1v) is 7.10. The Labute approximate surface area is 110 Å². The smallest absolute Gasteiger partial charge is 0.120 e. The minimum absolute atomic E-state index is 0.307. The summed E-state index contributed by atoms with van der Waals surface area (Å²) in [7, 11) is 0. The van der Waals surface area contributed by atoms with Gasteiger partial charge in [-0.15, -0.1) is 0 Å². The van der Waals surface area contributed by atoms with E-state index in [9.17, 15) is 5.11 Å². The number of nitrogens with one attached hydrogen (secondary N) is 1. The highest BCUT2D eigenvalue weighted by atomic mass is 16.3. The lowest BCUT2D eigenvalue weighted by molar-refractivity contribution is 0.125. The zero-order valence-corrected chi connectivity index (χ0v) is 11.4. The van der Waals surface area contributed by atoms with E-state index in [1.165, 1.54) is 37.7 Å². The molecule has 0 radical (unpaired) electrons. The molecule has 1 aliphatic rings. The van der Waals surface area contributed by atoms with Gasteiger partial charge in [0, 0.05) is 13.2 Å². The SMILES string of the molecule is Cc1ccoc1CNCC1(CCO)CCCCC1. The molecule has 1 heterocycles. The summed E-state index contributed by atoms with van der Waals surface area (Å²) in [6.45, 7) is 4.17. The molecule has 3 heteroatoms. The van der Waals surface area contributed by atoms with Crippen LogP contribution < -0.4 is 5.32 Å². The van der Waals surface area contributed by atoms with Crippen molar-refractivity contribution in [2.45, 2.75) is 52.0 Å². The van der Waals surface area contributed by atoms with Crippen molar-refractivity contribution in [1.29, 1.82) is 0 Å². The van der Waals surface area contributed by atoms with Crippen molar-refractivity contribution in [1.82, 2.24) is 5.32 Å². The van der Waals surface area contributed by atoms with Gasteiger partial charge in [0.2, 0.25) is 0 Å². The van der Waals surface area contributed by atoms with E-state index in [0.29, 0.717) is 12.0 Å². The topological polar surface area (TPSA) is 45.4 Å². The van der Waals surface area contributed by atoms with E-state index in [-0.39, 0.29) is 0 Å². The summed E-state index contributed by atoms with van der Waals surface area (Å²) < 4.78 is 5.43. The fourth-order valence-corrected chi connectivity index (χ4v) is 3.08. The number of hydrogen-bond acceptors (Lipinski definition) is 3. The molecule has 0 unspecified atom stereocenters. The van der Waals surface area contributed by atoms with Crippen LogP contribution in [0.2, 0.25) is 0 Å². The molecule has 1 saturated carbocycles. The third-order valence-corrected chi connectivity index (χ3v) is 4.31. The molecule has 102 valence electrons. The van der Waals surface area contributed by atoms with Crippen molar-refractivity contribution in [2.75, 3.05) is 13.2 Å². The first kappa shape index (κ1) is 13.6. The second kappa shape index (κ2) is 6.39. The molecule has 18 heavy (non-hydrogen) atoms. The van der Waals surface area contributed by atoms with Crippen LogP contribution >= 0.6 is 0 Å². The molecule has 0 atom stereocenters. The van der Waals surface area contributed by atoms with Crippen LogP contribution in [0.25, 0.3) is 0 Å². The maximum absolute atomic E-state index is 9.26. The van der Waals surface area contributed by atoms with E-state index >= 15 is 0 Å². The van der Waals surface area contributed by atoms with Gasteiger partial charge >= 0.3 is 0 Å². The normalized spacial score (nSPS) is 19.0. The van der Waals surface area contributed by atoms with Gasteiger partial charge in [-0.05, 0) is 43.2 Å². The molecule has 3 nitrogen and oxygen atoms in total. The molecule has 0 bridgehead atoms. The van der Waals surface area contributed by atoms with E-state index < -0.39 is 0 Å². The van der Waals surface area contributed by atoms with Crippen LogP contribution in [0.5, 0.6) is 0 Å². The zero-order chi connectivity index (χ0) is 12.8. The Balaban J connectivity index is 1.84. The predicted octanol–water partition coefficient (Wildman–Crippen LogP) is 3.01. The molecule has 1 aliphatic carbocycles. The second-order valence-corrected chi connectivity index (χ2v) is 5.66. The number of furan rings is 1. The Morgan fingerprint density at radius 3 is 2.72 bits per heavy atom. The van der Waals surface area contributed by atoms with Gasteiger partial charge in [-0.25, -0.2) is 0 Å². The number of hydrogen-bond donors (Lipinski definition) is 2. The van der Waals surface area contributed by atoms with E-state index in [0.717, 1.165) is 25.3 Å². The van der Waals surface area contributed by atoms with E-state index in [1.54, 1.807) is 6.26 Å². The molecule has 0 aliphatic heterocycles. The lowest BCUT2D eigenvalue weighted by Crippen LogP contribution is -2.36. The van der Waals surface area contributed by atoms with Crippen molar-refractivity contribution in [2.24, 2.45) is 5.41 Å². The minimum Gasteiger partial charge on any atom is -0.468 e. The van der Waals surface area contributed by atoms with Gasteiger partial charge in [-0.3, -0.25) is 0 Å². The highest BCUT2D eigenvalue weighted by Crippen LogP contribution is 2.38. The summed E-state index contributed by atoms with van der Waals surface area (Å²) >= 11 is 0. The lowest BCUT2D eigenvalue weighted by Gasteiger charge is -2.37. The fraction of sp³-hybridized carbons (Fsp3) is 0.733. The predicted molar refractivity (Wildman–Crippen MR) is 72.4 cm³/mol. The monoisotopic (exact) mass is 251 g/mol. The Bertz CT molecular complexity index is 348. The standard InChI is InChI=1S/C15H25NO2/c1-13-5-10-18-14(13)11-16-12-15(8-9-17)6-3-2-4-7-15/h5,10,16-17H,2-4,6-9,11-12H2,1H3. The summed E-state index contributed by atoms with van der Waals surface area (Å²) in [5, 5.41) is 12.8. The number of rotatable bonds is 6. The van der Waals surface area contributed by atoms with Gasteiger partial charge in [-0.2, -0.15) is 0 Å². The molecule has 2 rings (SSSR count). The molecule has 2 N–H and O–H groups in total. The Morgan fingerprint density at radius 1 is 1.33 bits per heavy atom. The summed E-state index contributed by atoms with van der Waals surface area (Å²) in [5.74, 6) is 1.03. The van der Waals surface area contributed by atoms with Crippen molar-refractivity contribution >= 4 is 0 Å². The Morgan fingerprint density at radius 2 is 2.11 bits per heavy atom. The largest absolute Gasteiger partial charge is 0.468 e. The maximum Gasteiger partial charge on any atom is 0.120 e. The van der Waals surface area contributed by atoms with Crippen LogP contribution in [0.4, 0.5) is 0 Å². The molecular formula is C15H25NO2. The molecule has 1 aromatic heterocycles. The fourth-order valence-electron chi connectivity index (χ4n) is 3.08. The van der Waals surface area contributed by atoms with Crippen molar-refractivity contribution < 1.29 is 9.52 Å². The molecule has 0 aromatic carbocycles. The number of aliphatic hydroxyl groups is 1. The van der Waals surface area contributed by atoms with Crippen LogP contribution in [-0.4, -0.2) is 18.3 Å². The highest BCUT2D eigenvalue weighted by molar-refractivity contribution is 5.14. The summed E-state index contributed by atoms with van der Waals surface area (Å²) in [4.78, 5) is 0. The van der Waals surface area contributed by atoms with Gasteiger partial charge in [0.25, 0.3) is 0 Å². The van der Waals surface area contributed by atoms with Gasteiger partial charge in [0.15, 0.2) is 0 Å². The zero-order valence-electron chi connectivity index (χ0n) is 11.4. The van der Waals surface area contributed by atoms with E-state index in [2.05, 4.69) is 12.2 Å². The molecule has 1 fully saturated rings. The molecule has 0 saturated heterocycles. The Hall–Kier alpha value is -0.800. The lowest BCUT2D eigenvalue weighted by atomic mass is 9.72. The average Bonchev–Trinajstić information content (AvgIpc) is 2.77. The molecule has 0 spiro atoms. The third kappa shape index (κ3) is 3.36. The van der Waals surface area contributed by atoms with E-state index in [1.807, 2.05) is 6.07 Å². The summed E-state index contributed by atoms with van der Waals surface area (Å²) in [6, 6.07) is 2.00. The first-order valence-electron chi connectivity index (χ1n) is 7.10. The van der Waals surface area contributed by atoms with Crippen LogP contribution in [-0.2, 0) is 6.54 Å². The quantitative estimate of drug-likeness (QED) is 0.817.